The molecular formula is C12H12O5. The smallest absolute Gasteiger partial charge is 0.302 e. The zero-order chi connectivity index (χ0) is 12.3. The maximum Gasteiger partial charge on any atom is 0.302 e. The molecule has 1 aromatic carbocycles. The second kappa shape index (κ2) is 4.86. The van der Waals surface area contributed by atoms with Crippen LogP contribution in [0, 0.1) is 0 Å². The highest BCUT2D eigenvalue weighted by Crippen LogP contribution is 2.32. The minimum Gasteiger partial charge on any atom is -0.486 e. The molecule has 0 saturated heterocycles. The van der Waals surface area contributed by atoms with Gasteiger partial charge in [0, 0.05) is 12.5 Å². The highest BCUT2D eigenvalue weighted by atomic mass is 16.6. The second-order valence-electron chi connectivity index (χ2n) is 3.68. The van der Waals surface area contributed by atoms with Crippen molar-refractivity contribution in [1.29, 1.82) is 0 Å². The Morgan fingerprint density at radius 3 is 3.06 bits per heavy atom. The summed E-state index contributed by atoms with van der Waals surface area (Å²) in [4.78, 5) is 21.3. The fraction of sp³-hybridized carbons (Fsp3) is 0.333. The van der Waals surface area contributed by atoms with Gasteiger partial charge in [-0.15, -0.1) is 0 Å². The zero-order valence-electron chi connectivity index (χ0n) is 9.34. The Morgan fingerprint density at radius 1 is 1.53 bits per heavy atom. The number of hydrogen-bond acceptors (Lipinski definition) is 5. The molecule has 0 saturated carbocycles. The van der Waals surface area contributed by atoms with Crippen LogP contribution in [0.1, 0.15) is 17.3 Å². The average molecular weight is 236 g/mol. The summed E-state index contributed by atoms with van der Waals surface area (Å²) < 4.78 is 15.8. The first-order valence-corrected chi connectivity index (χ1v) is 5.21. The molecule has 1 aromatic rings. The summed E-state index contributed by atoms with van der Waals surface area (Å²) in [6, 6.07) is 4.94. The molecule has 1 aliphatic rings. The summed E-state index contributed by atoms with van der Waals surface area (Å²) in [6.45, 7) is 1.79. The second-order valence-corrected chi connectivity index (χ2v) is 3.68. The largest absolute Gasteiger partial charge is 0.486 e. The van der Waals surface area contributed by atoms with Crippen LogP contribution < -0.4 is 9.47 Å². The van der Waals surface area contributed by atoms with Crippen molar-refractivity contribution in [1.82, 2.24) is 0 Å². The number of benzene rings is 1. The molecule has 5 nitrogen and oxygen atoms in total. The van der Waals surface area contributed by atoms with E-state index >= 15 is 0 Å². The van der Waals surface area contributed by atoms with Crippen LogP contribution in [0.3, 0.4) is 0 Å². The maximum atomic E-state index is 10.7. The Kier molecular flexibility index (Phi) is 3.27. The number of carbonyl (C=O) groups excluding carboxylic acids is 2. The van der Waals surface area contributed by atoms with E-state index in [0.29, 0.717) is 23.7 Å². The van der Waals surface area contributed by atoms with Crippen LogP contribution in [-0.4, -0.2) is 31.6 Å². The van der Waals surface area contributed by atoms with Crippen molar-refractivity contribution in [2.24, 2.45) is 0 Å². The Labute approximate surface area is 98.3 Å². The first-order valence-electron chi connectivity index (χ1n) is 5.21. The van der Waals surface area contributed by atoms with Gasteiger partial charge in [0.2, 0.25) is 0 Å². The van der Waals surface area contributed by atoms with E-state index in [1.54, 1.807) is 18.2 Å². The van der Waals surface area contributed by atoms with Gasteiger partial charge in [0.15, 0.2) is 17.6 Å². The molecule has 0 unspecified atom stereocenters. The zero-order valence-corrected chi connectivity index (χ0v) is 9.34. The number of esters is 1. The lowest BCUT2D eigenvalue weighted by Crippen LogP contribution is -2.34. The number of aldehydes is 1. The van der Waals surface area contributed by atoms with Crippen LogP contribution in [-0.2, 0) is 9.53 Å². The van der Waals surface area contributed by atoms with Crippen molar-refractivity contribution in [3.8, 4) is 11.5 Å². The average Bonchev–Trinajstić information content (AvgIpc) is 2.35. The van der Waals surface area contributed by atoms with Crippen molar-refractivity contribution < 1.29 is 23.8 Å². The molecule has 1 heterocycles. The van der Waals surface area contributed by atoms with E-state index in [9.17, 15) is 9.59 Å². The Bertz CT molecular complexity index is 441. The summed E-state index contributed by atoms with van der Waals surface area (Å²) in [5.41, 5.74) is 0.514. The normalized spacial score (nSPS) is 17.4. The van der Waals surface area contributed by atoms with E-state index in [4.69, 9.17) is 14.2 Å². The predicted octanol–water partition coefficient (Wildman–Crippen LogP) is 1.20. The fourth-order valence-corrected chi connectivity index (χ4v) is 1.50. The van der Waals surface area contributed by atoms with E-state index in [-0.39, 0.29) is 18.7 Å². The Morgan fingerprint density at radius 2 is 2.35 bits per heavy atom. The third kappa shape index (κ3) is 2.75. The lowest BCUT2D eigenvalue weighted by atomic mass is 10.2. The lowest BCUT2D eigenvalue weighted by molar-refractivity contribution is -0.144. The van der Waals surface area contributed by atoms with Crippen molar-refractivity contribution in [2.45, 2.75) is 13.0 Å². The van der Waals surface area contributed by atoms with E-state index in [0.717, 1.165) is 6.29 Å². The van der Waals surface area contributed by atoms with E-state index in [1.807, 2.05) is 0 Å². The molecule has 5 heteroatoms. The monoisotopic (exact) mass is 236 g/mol. The molecule has 0 spiro atoms. The molecule has 0 aromatic heterocycles. The molecule has 0 aliphatic carbocycles. The minimum atomic E-state index is -0.360. The molecule has 1 atom stereocenters. The SMILES string of the molecule is CC(=O)OC[C@@H]1COc2ccc(C=O)cc2O1. The summed E-state index contributed by atoms with van der Waals surface area (Å²) in [6.07, 6.45) is 0.396. The Balaban J connectivity index is 2.06. The fourth-order valence-electron chi connectivity index (χ4n) is 1.50. The molecule has 0 amide bonds. The van der Waals surface area contributed by atoms with Crippen LogP contribution in [0.4, 0.5) is 0 Å². The third-order valence-corrected chi connectivity index (χ3v) is 2.29. The van der Waals surface area contributed by atoms with Crippen LogP contribution in [0.5, 0.6) is 11.5 Å². The summed E-state index contributed by atoms with van der Waals surface area (Å²) >= 11 is 0. The molecule has 0 bridgehead atoms. The predicted molar refractivity (Wildman–Crippen MR) is 58.4 cm³/mol. The number of hydrogen-bond donors (Lipinski definition) is 0. The molecule has 1 aliphatic heterocycles. The standard InChI is InChI=1S/C12H12O5/c1-8(14)15-6-10-7-16-11-3-2-9(5-13)4-12(11)17-10/h2-5,10H,6-7H2,1H3/t10-/m1/s1. The van der Waals surface area contributed by atoms with Crippen LogP contribution in [0.15, 0.2) is 18.2 Å². The van der Waals surface area contributed by atoms with Gasteiger partial charge in [0.05, 0.1) is 0 Å². The van der Waals surface area contributed by atoms with Gasteiger partial charge in [-0.3, -0.25) is 9.59 Å². The van der Waals surface area contributed by atoms with Crippen LogP contribution in [0.25, 0.3) is 0 Å². The molecule has 17 heavy (non-hydrogen) atoms. The molecule has 0 fully saturated rings. The first kappa shape index (κ1) is 11.4. The van der Waals surface area contributed by atoms with Gasteiger partial charge in [-0.25, -0.2) is 0 Å². The molecular weight excluding hydrogens is 224 g/mol. The summed E-state index contributed by atoms with van der Waals surface area (Å²) in [7, 11) is 0. The quantitative estimate of drug-likeness (QED) is 0.583. The third-order valence-electron chi connectivity index (χ3n) is 2.29. The van der Waals surface area contributed by atoms with Crippen molar-refractivity contribution in [2.75, 3.05) is 13.2 Å². The van der Waals surface area contributed by atoms with E-state index < -0.39 is 0 Å². The number of carbonyl (C=O) groups is 2. The number of fused-ring (bicyclic) bond motifs is 1. The van der Waals surface area contributed by atoms with Crippen molar-refractivity contribution >= 4 is 12.3 Å². The maximum absolute atomic E-state index is 10.7. The van der Waals surface area contributed by atoms with Gasteiger partial charge in [-0.05, 0) is 18.2 Å². The van der Waals surface area contributed by atoms with Crippen LogP contribution >= 0.6 is 0 Å². The topological polar surface area (TPSA) is 61.8 Å². The van der Waals surface area contributed by atoms with Gasteiger partial charge in [-0.2, -0.15) is 0 Å². The number of rotatable bonds is 3. The molecule has 2 rings (SSSR count). The van der Waals surface area contributed by atoms with E-state index in [2.05, 4.69) is 0 Å². The summed E-state index contributed by atoms with van der Waals surface area (Å²) in [5, 5.41) is 0. The van der Waals surface area contributed by atoms with E-state index in [1.165, 1.54) is 6.92 Å². The van der Waals surface area contributed by atoms with Gasteiger partial charge >= 0.3 is 5.97 Å². The van der Waals surface area contributed by atoms with Gasteiger partial charge in [-0.1, -0.05) is 0 Å². The van der Waals surface area contributed by atoms with Gasteiger partial charge < -0.3 is 14.2 Å². The minimum absolute atomic E-state index is 0.139. The van der Waals surface area contributed by atoms with Crippen molar-refractivity contribution in [3.05, 3.63) is 23.8 Å². The van der Waals surface area contributed by atoms with Crippen molar-refractivity contribution in [3.63, 3.8) is 0 Å². The lowest BCUT2D eigenvalue weighted by Gasteiger charge is -2.26. The molecule has 0 radical (unpaired) electrons. The van der Waals surface area contributed by atoms with Gasteiger partial charge in [0.1, 0.15) is 19.5 Å². The molecule has 0 N–H and O–H groups in total. The molecule has 90 valence electrons. The van der Waals surface area contributed by atoms with Gasteiger partial charge in [0.25, 0.3) is 0 Å². The Hall–Kier alpha value is -2.04. The highest BCUT2D eigenvalue weighted by Gasteiger charge is 2.22. The first-order chi connectivity index (χ1) is 8.19. The van der Waals surface area contributed by atoms with Crippen LogP contribution in [0.2, 0.25) is 0 Å². The number of ether oxygens (including phenoxy) is 3. The highest BCUT2D eigenvalue weighted by molar-refractivity contribution is 5.76. The summed E-state index contributed by atoms with van der Waals surface area (Å²) in [5.74, 6) is 0.730.